The van der Waals surface area contributed by atoms with Gasteiger partial charge in [-0.2, -0.15) is 0 Å². The van der Waals surface area contributed by atoms with Gasteiger partial charge in [0.2, 0.25) is 0 Å². The Morgan fingerprint density at radius 2 is 1.79 bits per heavy atom. The minimum absolute atomic E-state index is 0.802. The molecule has 1 aliphatic rings. The topological polar surface area (TPSA) is 22.9 Å². The van der Waals surface area contributed by atoms with Crippen molar-refractivity contribution in [2.45, 2.75) is 32.1 Å². The highest BCUT2D eigenvalue weighted by Gasteiger charge is 2.11. The molecule has 2 rings (SSSR count). The Balaban J connectivity index is 1.65. The molecule has 0 atom stereocenters. The van der Waals surface area contributed by atoms with Crippen LogP contribution in [0.15, 0.2) is 24.3 Å². The maximum Gasteiger partial charge on any atom is 0.122 e. The molecule has 1 saturated heterocycles. The van der Waals surface area contributed by atoms with Gasteiger partial charge in [-0.1, -0.05) is 6.07 Å². The molecule has 0 bridgehead atoms. The molecule has 0 aromatic heterocycles. The van der Waals surface area contributed by atoms with Crippen LogP contribution in [0.4, 0.5) is 0 Å². The Bertz CT molecular complexity index is 360. The second kappa shape index (κ2) is 8.05. The van der Waals surface area contributed by atoms with Crippen LogP contribution in [0, 0.1) is 0 Å². The number of hydrogen-bond acceptors (Lipinski definition) is 2. The summed E-state index contributed by atoms with van der Waals surface area (Å²) in [4.78, 5) is 1.76. The Hall–Kier alpha value is -1.22. The molecule has 0 spiro atoms. The van der Waals surface area contributed by atoms with Crippen molar-refractivity contribution >= 4 is 0 Å². The van der Waals surface area contributed by atoms with Crippen LogP contribution in [0.25, 0.3) is 0 Å². The number of nitrogens with one attached hydrogen (secondary N) is 1. The third-order valence-corrected chi connectivity index (χ3v) is 3.80. The Kier molecular flexibility index (Phi) is 6.02. The van der Waals surface area contributed by atoms with Crippen molar-refractivity contribution in [2.24, 2.45) is 0 Å². The van der Waals surface area contributed by atoms with E-state index in [1.165, 1.54) is 45.3 Å². The minimum atomic E-state index is 0.802. The number of ether oxygens (including phenoxy) is 2. The van der Waals surface area contributed by atoms with E-state index in [2.05, 4.69) is 0 Å². The molecule has 1 aliphatic heterocycles. The van der Waals surface area contributed by atoms with E-state index in [9.17, 15) is 0 Å². The molecule has 3 nitrogen and oxygen atoms in total. The van der Waals surface area contributed by atoms with Crippen LogP contribution in [-0.4, -0.2) is 33.4 Å². The zero-order valence-corrected chi connectivity index (χ0v) is 12.0. The fourth-order valence-corrected chi connectivity index (χ4v) is 2.68. The fraction of sp³-hybridized carbons (Fsp3) is 0.625. The lowest BCUT2D eigenvalue weighted by molar-refractivity contribution is -0.899. The first kappa shape index (κ1) is 14.2. The van der Waals surface area contributed by atoms with Crippen molar-refractivity contribution in [1.82, 2.24) is 0 Å². The maximum atomic E-state index is 5.78. The van der Waals surface area contributed by atoms with Crippen LogP contribution in [0.5, 0.6) is 11.5 Å². The van der Waals surface area contributed by atoms with Crippen LogP contribution in [-0.2, 0) is 0 Å². The van der Waals surface area contributed by atoms with E-state index < -0.39 is 0 Å². The van der Waals surface area contributed by atoms with Gasteiger partial charge in [0.15, 0.2) is 0 Å². The summed E-state index contributed by atoms with van der Waals surface area (Å²) < 4.78 is 11.0. The normalized spacial score (nSPS) is 16.9. The minimum Gasteiger partial charge on any atom is -0.497 e. The number of methoxy groups -OCH3 is 1. The largest absolute Gasteiger partial charge is 0.497 e. The number of rotatable bonds is 6. The van der Waals surface area contributed by atoms with Gasteiger partial charge in [-0.25, -0.2) is 0 Å². The van der Waals surface area contributed by atoms with Gasteiger partial charge in [0, 0.05) is 12.5 Å². The lowest BCUT2D eigenvalue weighted by Gasteiger charge is -2.17. The monoisotopic (exact) mass is 264 g/mol. The van der Waals surface area contributed by atoms with Crippen molar-refractivity contribution in [3.05, 3.63) is 24.3 Å². The molecular weight excluding hydrogens is 238 g/mol. The standard InChI is InChI=1S/C16H25NO2/c1-18-15-8-6-9-16(14-15)19-13-7-12-17-10-4-2-3-5-11-17/h6,8-9,14H,2-5,7,10-13H2,1H3/p+1. The summed E-state index contributed by atoms with van der Waals surface area (Å²) >= 11 is 0. The van der Waals surface area contributed by atoms with Crippen LogP contribution >= 0.6 is 0 Å². The van der Waals surface area contributed by atoms with Gasteiger partial charge >= 0.3 is 0 Å². The summed E-state index contributed by atoms with van der Waals surface area (Å²) in [5, 5.41) is 0. The van der Waals surface area contributed by atoms with E-state index in [0.717, 1.165) is 24.5 Å². The zero-order valence-electron chi connectivity index (χ0n) is 12.0. The van der Waals surface area contributed by atoms with Gasteiger partial charge in [-0.15, -0.1) is 0 Å². The quantitative estimate of drug-likeness (QED) is 0.793. The molecule has 1 aromatic rings. The summed E-state index contributed by atoms with van der Waals surface area (Å²) in [6.45, 7) is 4.74. The van der Waals surface area contributed by atoms with E-state index in [0.29, 0.717) is 0 Å². The maximum absolute atomic E-state index is 5.78. The number of benzene rings is 1. The molecule has 1 heterocycles. The Morgan fingerprint density at radius 3 is 2.53 bits per heavy atom. The summed E-state index contributed by atoms with van der Waals surface area (Å²) in [7, 11) is 1.68. The molecular formula is C16H26NO2+. The van der Waals surface area contributed by atoms with E-state index in [-0.39, 0.29) is 0 Å². The number of hydrogen-bond donors (Lipinski definition) is 1. The SMILES string of the molecule is COc1cccc(OCCC[NH+]2CCCCCC2)c1. The lowest BCUT2D eigenvalue weighted by atomic mass is 10.2. The van der Waals surface area contributed by atoms with Crippen LogP contribution < -0.4 is 14.4 Å². The average Bonchev–Trinajstić information content (AvgIpc) is 2.72. The van der Waals surface area contributed by atoms with Gasteiger partial charge < -0.3 is 14.4 Å². The molecule has 3 heteroatoms. The lowest BCUT2D eigenvalue weighted by Crippen LogP contribution is -3.11. The molecule has 1 N–H and O–H groups in total. The first-order valence-electron chi connectivity index (χ1n) is 7.49. The van der Waals surface area contributed by atoms with Gasteiger partial charge in [0.1, 0.15) is 11.5 Å². The molecule has 0 unspecified atom stereocenters. The van der Waals surface area contributed by atoms with Crippen molar-refractivity contribution in [3.63, 3.8) is 0 Å². The molecule has 1 aromatic carbocycles. The van der Waals surface area contributed by atoms with Crippen LogP contribution in [0.3, 0.4) is 0 Å². The molecule has 0 aliphatic carbocycles. The highest BCUT2D eigenvalue weighted by Crippen LogP contribution is 2.18. The van der Waals surface area contributed by atoms with E-state index >= 15 is 0 Å². The molecule has 0 amide bonds. The highest BCUT2D eigenvalue weighted by atomic mass is 16.5. The van der Waals surface area contributed by atoms with Crippen molar-refractivity contribution in [3.8, 4) is 11.5 Å². The third kappa shape index (κ3) is 5.11. The highest BCUT2D eigenvalue weighted by molar-refractivity contribution is 5.32. The molecule has 0 saturated carbocycles. The predicted octanol–water partition coefficient (Wildman–Crippen LogP) is 1.92. The van der Waals surface area contributed by atoms with Gasteiger partial charge in [0.05, 0.1) is 33.4 Å². The Labute approximate surface area is 116 Å². The first-order chi connectivity index (χ1) is 9.38. The first-order valence-corrected chi connectivity index (χ1v) is 7.49. The summed E-state index contributed by atoms with van der Waals surface area (Å²) in [6.07, 6.45) is 6.76. The van der Waals surface area contributed by atoms with Gasteiger partial charge in [-0.05, 0) is 37.8 Å². The van der Waals surface area contributed by atoms with Crippen molar-refractivity contribution in [1.29, 1.82) is 0 Å². The second-order valence-electron chi connectivity index (χ2n) is 5.30. The van der Waals surface area contributed by atoms with E-state index in [1.54, 1.807) is 12.0 Å². The van der Waals surface area contributed by atoms with Gasteiger partial charge in [-0.3, -0.25) is 0 Å². The van der Waals surface area contributed by atoms with Crippen molar-refractivity contribution < 1.29 is 14.4 Å². The number of quaternary nitrogens is 1. The summed E-state index contributed by atoms with van der Waals surface area (Å²) in [5.74, 6) is 1.76. The number of likely N-dealkylation sites (tertiary alicyclic amines) is 1. The molecule has 106 valence electrons. The second-order valence-corrected chi connectivity index (χ2v) is 5.30. The van der Waals surface area contributed by atoms with E-state index in [1.807, 2.05) is 24.3 Å². The summed E-state index contributed by atoms with van der Waals surface area (Å²) in [5.41, 5.74) is 0. The van der Waals surface area contributed by atoms with Crippen molar-refractivity contribution in [2.75, 3.05) is 33.4 Å². The molecule has 0 radical (unpaired) electrons. The van der Waals surface area contributed by atoms with E-state index in [4.69, 9.17) is 9.47 Å². The fourth-order valence-electron chi connectivity index (χ4n) is 2.68. The average molecular weight is 264 g/mol. The molecule has 19 heavy (non-hydrogen) atoms. The predicted molar refractivity (Wildman–Crippen MR) is 77.1 cm³/mol. The molecule has 1 fully saturated rings. The smallest absolute Gasteiger partial charge is 0.122 e. The summed E-state index contributed by atoms with van der Waals surface area (Å²) in [6, 6.07) is 7.84. The Morgan fingerprint density at radius 1 is 1.05 bits per heavy atom. The van der Waals surface area contributed by atoms with Crippen LogP contribution in [0.1, 0.15) is 32.1 Å². The zero-order chi connectivity index (χ0) is 13.3. The van der Waals surface area contributed by atoms with Gasteiger partial charge in [0.25, 0.3) is 0 Å². The third-order valence-electron chi connectivity index (χ3n) is 3.80. The van der Waals surface area contributed by atoms with Crippen LogP contribution in [0.2, 0.25) is 0 Å².